The molecule has 5 heteroatoms. The number of H-pyrrole nitrogens is 1. The van der Waals surface area contributed by atoms with E-state index in [1.807, 2.05) is 13.0 Å². The van der Waals surface area contributed by atoms with Crippen LogP contribution in [-0.2, 0) is 6.42 Å². The largest absolute Gasteiger partial charge is 0.369 e. The van der Waals surface area contributed by atoms with Gasteiger partial charge in [-0.1, -0.05) is 18.2 Å². The van der Waals surface area contributed by atoms with Crippen LogP contribution in [0.15, 0.2) is 36.7 Å². The summed E-state index contributed by atoms with van der Waals surface area (Å²) in [5.41, 5.74) is 3.46. The van der Waals surface area contributed by atoms with E-state index in [9.17, 15) is 0 Å². The maximum Gasteiger partial charge on any atom is 0.224 e. The maximum absolute atomic E-state index is 5.81. The van der Waals surface area contributed by atoms with Crippen LogP contribution < -0.4 is 5.32 Å². The second kappa shape index (κ2) is 5.51. The van der Waals surface area contributed by atoms with Gasteiger partial charge >= 0.3 is 0 Å². The molecule has 4 nitrogen and oxygen atoms in total. The summed E-state index contributed by atoms with van der Waals surface area (Å²) in [5, 5.41) is 4.85. The molecule has 0 saturated carbocycles. The van der Waals surface area contributed by atoms with Gasteiger partial charge in [-0.05, 0) is 36.6 Å². The van der Waals surface area contributed by atoms with Crippen molar-refractivity contribution in [1.82, 2.24) is 15.0 Å². The van der Waals surface area contributed by atoms with E-state index < -0.39 is 0 Å². The number of aromatic nitrogens is 3. The molecule has 0 aliphatic carbocycles. The number of aromatic amines is 1. The lowest BCUT2D eigenvalue weighted by Gasteiger charge is -2.07. The zero-order valence-electron chi connectivity index (χ0n) is 11.2. The van der Waals surface area contributed by atoms with Crippen LogP contribution in [0.5, 0.6) is 0 Å². The lowest BCUT2D eigenvalue weighted by molar-refractivity contribution is 0.998. The van der Waals surface area contributed by atoms with Gasteiger partial charge in [0.1, 0.15) is 5.82 Å². The molecule has 0 bridgehead atoms. The minimum atomic E-state index is 0.269. The Bertz CT molecular complexity index is 736. The highest BCUT2D eigenvalue weighted by Gasteiger charge is 2.04. The second-order valence-corrected chi connectivity index (χ2v) is 5.04. The number of para-hydroxylation sites is 1. The highest BCUT2D eigenvalue weighted by molar-refractivity contribution is 6.28. The zero-order chi connectivity index (χ0) is 13.9. The van der Waals surface area contributed by atoms with E-state index in [0.717, 1.165) is 24.3 Å². The van der Waals surface area contributed by atoms with E-state index in [0.29, 0.717) is 0 Å². The average molecular weight is 287 g/mol. The first-order chi connectivity index (χ1) is 9.74. The Morgan fingerprint density at radius 2 is 2.15 bits per heavy atom. The number of anilines is 1. The van der Waals surface area contributed by atoms with Crippen molar-refractivity contribution in [1.29, 1.82) is 0 Å². The van der Waals surface area contributed by atoms with Crippen LogP contribution in [0.4, 0.5) is 5.82 Å². The predicted molar refractivity (Wildman–Crippen MR) is 82.3 cm³/mol. The number of nitrogens with zero attached hydrogens (tertiary/aromatic N) is 2. The van der Waals surface area contributed by atoms with Gasteiger partial charge in [0.05, 0.1) is 0 Å². The molecular weight excluding hydrogens is 272 g/mol. The Labute approximate surface area is 122 Å². The van der Waals surface area contributed by atoms with Gasteiger partial charge in [0, 0.05) is 35.4 Å². The summed E-state index contributed by atoms with van der Waals surface area (Å²) < 4.78 is 0. The summed E-state index contributed by atoms with van der Waals surface area (Å²) in [6, 6.07) is 8.31. The molecule has 0 amide bonds. The third kappa shape index (κ3) is 2.60. The van der Waals surface area contributed by atoms with Gasteiger partial charge in [0.25, 0.3) is 0 Å². The van der Waals surface area contributed by atoms with Crippen LogP contribution in [0.1, 0.15) is 11.1 Å². The average Bonchev–Trinajstić information content (AvgIpc) is 2.86. The monoisotopic (exact) mass is 286 g/mol. The van der Waals surface area contributed by atoms with E-state index in [2.05, 4.69) is 44.7 Å². The molecule has 2 heterocycles. The van der Waals surface area contributed by atoms with E-state index >= 15 is 0 Å². The second-order valence-electron chi connectivity index (χ2n) is 4.71. The first kappa shape index (κ1) is 12.9. The fourth-order valence-corrected chi connectivity index (χ4v) is 2.39. The molecule has 2 N–H and O–H groups in total. The molecule has 0 atom stereocenters. The number of fused-ring (bicyclic) bond motifs is 1. The van der Waals surface area contributed by atoms with Crippen molar-refractivity contribution in [3.05, 3.63) is 53.1 Å². The van der Waals surface area contributed by atoms with Crippen molar-refractivity contribution >= 4 is 28.3 Å². The van der Waals surface area contributed by atoms with Crippen LogP contribution in [0, 0.1) is 6.92 Å². The van der Waals surface area contributed by atoms with Gasteiger partial charge in [0.2, 0.25) is 5.28 Å². The van der Waals surface area contributed by atoms with Crippen molar-refractivity contribution < 1.29 is 0 Å². The van der Waals surface area contributed by atoms with Gasteiger partial charge in [-0.3, -0.25) is 0 Å². The van der Waals surface area contributed by atoms with Gasteiger partial charge in [0.15, 0.2) is 0 Å². The van der Waals surface area contributed by atoms with Crippen LogP contribution in [0.3, 0.4) is 0 Å². The first-order valence-corrected chi connectivity index (χ1v) is 6.90. The fraction of sp³-hybridized carbons (Fsp3) is 0.200. The number of rotatable bonds is 4. The minimum absolute atomic E-state index is 0.269. The minimum Gasteiger partial charge on any atom is -0.369 e. The van der Waals surface area contributed by atoms with Crippen molar-refractivity contribution in [3.63, 3.8) is 0 Å². The Morgan fingerprint density at radius 1 is 1.30 bits per heavy atom. The molecule has 20 heavy (non-hydrogen) atoms. The highest BCUT2D eigenvalue weighted by Crippen LogP contribution is 2.18. The molecular formula is C15H15ClN4. The third-order valence-electron chi connectivity index (χ3n) is 3.30. The predicted octanol–water partition coefficient (Wildman–Crippen LogP) is 3.57. The Hall–Kier alpha value is -2.07. The molecule has 102 valence electrons. The number of benzene rings is 1. The molecule has 2 aromatic heterocycles. The molecule has 0 fully saturated rings. The smallest absolute Gasteiger partial charge is 0.224 e. The standard InChI is InChI=1S/C15H15ClN4/c1-10-8-19-15(16)20-14(10)17-7-6-11-9-18-13-5-3-2-4-12(11)13/h2-5,8-9,18H,6-7H2,1H3,(H,17,19,20). The molecule has 0 saturated heterocycles. The van der Waals surface area contributed by atoms with Crippen molar-refractivity contribution in [2.75, 3.05) is 11.9 Å². The Morgan fingerprint density at radius 3 is 3.05 bits per heavy atom. The summed E-state index contributed by atoms with van der Waals surface area (Å²) in [6.45, 7) is 2.76. The number of nitrogens with one attached hydrogen (secondary N) is 2. The van der Waals surface area contributed by atoms with Crippen molar-refractivity contribution in [2.24, 2.45) is 0 Å². The van der Waals surface area contributed by atoms with E-state index in [1.165, 1.54) is 16.5 Å². The Kier molecular flexibility index (Phi) is 3.56. The summed E-state index contributed by atoms with van der Waals surface area (Å²) in [5.74, 6) is 0.796. The topological polar surface area (TPSA) is 53.6 Å². The summed E-state index contributed by atoms with van der Waals surface area (Å²) in [4.78, 5) is 11.4. The molecule has 3 aromatic rings. The number of halogens is 1. The lowest BCUT2D eigenvalue weighted by Crippen LogP contribution is -2.08. The van der Waals surface area contributed by atoms with Gasteiger partial charge in [-0.2, -0.15) is 0 Å². The SMILES string of the molecule is Cc1cnc(Cl)nc1NCCc1c[nH]c2ccccc12. The lowest BCUT2D eigenvalue weighted by atomic mass is 10.1. The normalized spacial score (nSPS) is 10.9. The van der Waals surface area contributed by atoms with Gasteiger partial charge in [-0.15, -0.1) is 0 Å². The molecule has 0 radical (unpaired) electrons. The molecule has 0 aliphatic rings. The Balaban J connectivity index is 1.69. The van der Waals surface area contributed by atoms with Crippen LogP contribution in [0.25, 0.3) is 10.9 Å². The molecule has 1 aromatic carbocycles. The molecule has 3 rings (SSSR count). The van der Waals surface area contributed by atoms with Crippen LogP contribution in [0.2, 0.25) is 5.28 Å². The molecule has 0 unspecified atom stereocenters. The first-order valence-electron chi connectivity index (χ1n) is 6.52. The van der Waals surface area contributed by atoms with E-state index in [-0.39, 0.29) is 5.28 Å². The molecule has 0 aliphatic heterocycles. The number of hydrogen-bond acceptors (Lipinski definition) is 3. The zero-order valence-corrected chi connectivity index (χ0v) is 11.9. The van der Waals surface area contributed by atoms with Crippen molar-refractivity contribution in [3.8, 4) is 0 Å². The third-order valence-corrected chi connectivity index (χ3v) is 3.49. The van der Waals surface area contributed by atoms with Gasteiger partial charge < -0.3 is 10.3 Å². The highest BCUT2D eigenvalue weighted by atomic mass is 35.5. The van der Waals surface area contributed by atoms with E-state index in [4.69, 9.17) is 11.6 Å². The van der Waals surface area contributed by atoms with Crippen LogP contribution in [-0.4, -0.2) is 21.5 Å². The van der Waals surface area contributed by atoms with Gasteiger partial charge in [-0.25, -0.2) is 9.97 Å². The summed E-state index contributed by atoms with van der Waals surface area (Å²) in [7, 11) is 0. The van der Waals surface area contributed by atoms with Crippen LogP contribution >= 0.6 is 11.6 Å². The van der Waals surface area contributed by atoms with E-state index in [1.54, 1.807) is 6.20 Å². The molecule has 0 spiro atoms. The summed E-state index contributed by atoms with van der Waals surface area (Å²) >= 11 is 5.81. The van der Waals surface area contributed by atoms with Crippen molar-refractivity contribution in [2.45, 2.75) is 13.3 Å². The fourth-order valence-electron chi connectivity index (χ4n) is 2.25. The summed E-state index contributed by atoms with van der Waals surface area (Å²) in [6.07, 6.45) is 4.71. The number of aryl methyl sites for hydroxylation is 1. The maximum atomic E-state index is 5.81. The quantitative estimate of drug-likeness (QED) is 0.721. The number of hydrogen-bond donors (Lipinski definition) is 2.